The molecule has 0 aromatic heterocycles. The minimum absolute atomic E-state index is 0.261. The number of nitrogens with zero attached hydrogens (tertiary/aromatic N) is 1. The number of rotatable bonds is 5. The van der Waals surface area contributed by atoms with Crippen molar-refractivity contribution in [1.29, 1.82) is 0 Å². The number of hydrogen-bond acceptors (Lipinski definition) is 3. The lowest BCUT2D eigenvalue weighted by molar-refractivity contribution is 0.0532. The molecular formula is C16H25ClN2O. The molecule has 0 aliphatic carbocycles. The van der Waals surface area contributed by atoms with E-state index in [0.717, 1.165) is 37.8 Å². The summed E-state index contributed by atoms with van der Waals surface area (Å²) in [6.45, 7) is 11.0. The number of halogens is 1. The molecule has 4 heteroatoms. The van der Waals surface area contributed by atoms with Crippen molar-refractivity contribution in [2.24, 2.45) is 5.92 Å². The zero-order valence-corrected chi connectivity index (χ0v) is 13.4. The van der Waals surface area contributed by atoms with Crippen LogP contribution in [0.4, 0.5) is 5.69 Å². The van der Waals surface area contributed by atoms with Gasteiger partial charge in [0, 0.05) is 19.6 Å². The Kier molecular flexibility index (Phi) is 5.70. The summed E-state index contributed by atoms with van der Waals surface area (Å²) in [7, 11) is 0. The molecule has 1 aliphatic heterocycles. The summed E-state index contributed by atoms with van der Waals surface area (Å²) in [6.07, 6.45) is 0.261. The first kappa shape index (κ1) is 15.6. The average Bonchev–Trinajstić information content (AvgIpc) is 2.38. The summed E-state index contributed by atoms with van der Waals surface area (Å²) in [5.41, 5.74) is 2.44. The molecule has 1 fully saturated rings. The Morgan fingerprint density at radius 2 is 2.25 bits per heavy atom. The number of hydrogen-bond donors (Lipinski definition) is 1. The minimum Gasteiger partial charge on any atom is -0.375 e. The predicted octanol–water partition coefficient (Wildman–Crippen LogP) is 3.31. The lowest BCUT2D eigenvalue weighted by Gasteiger charge is -2.35. The fourth-order valence-electron chi connectivity index (χ4n) is 2.57. The van der Waals surface area contributed by atoms with Gasteiger partial charge in [-0.25, -0.2) is 0 Å². The van der Waals surface area contributed by atoms with Crippen molar-refractivity contribution >= 4 is 17.3 Å². The molecule has 1 aromatic carbocycles. The standard InChI is InChI=1S/C16H25ClN2O/c1-12(2)9-18-10-14-5-4-6-15(17)16(14)19-7-8-20-13(3)11-19/h4-6,12-13,18H,7-11H2,1-3H3. The molecule has 1 atom stereocenters. The summed E-state index contributed by atoms with van der Waals surface area (Å²) in [4.78, 5) is 2.35. The largest absolute Gasteiger partial charge is 0.375 e. The van der Waals surface area contributed by atoms with E-state index in [1.54, 1.807) is 0 Å². The van der Waals surface area contributed by atoms with Gasteiger partial charge in [-0.3, -0.25) is 0 Å². The number of para-hydroxylation sites is 1. The van der Waals surface area contributed by atoms with Crippen LogP contribution in [-0.2, 0) is 11.3 Å². The second-order valence-corrected chi connectivity index (χ2v) is 6.31. The maximum absolute atomic E-state index is 6.44. The van der Waals surface area contributed by atoms with Crippen molar-refractivity contribution in [2.45, 2.75) is 33.4 Å². The maximum Gasteiger partial charge on any atom is 0.0722 e. The highest BCUT2D eigenvalue weighted by molar-refractivity contribution is 6.33. The lowest BCUT2D eigenvalue weighted by Crippen LogP contribution is -2.41. The predicted molar refractivity (Wildman–Crippen MR) is 85.6 cm³/mol. The molecule has 0 radical (unpaired) electrons. The molecule has 0 saturated carbocycles. The molecule has 20 heavy (non-hydrogen) atoms. The molecule has 2 rings (SSSR count). The third kappa shape index (κ3) is 4.11. The van der Waals surface area contributed by atoms with Gasteiger partial charge in [-0.15, -0.1) is 0 Å². The van der Waals surface area contributed by atoms with E-state index in [9.17, 15) is 0 Å². The smallest absolute Gasteiger partial charge is 0.0722 e. The van der Waals surface area contributed by atoms with Crippen LogP contribution < -0.4 is 10.2 Å². The van der Waals surface area contributed by atoms with Crippen molar-refractivity contribution in [1.82, 2.24) is 5.32 Å². The zero-order valence-electron chi connectivity index (χ0n) is 12.7. The van der Waals surface area contributed by atoms with Gasteiger partial charge in [-0.1, -0.05) is 37.6 Å². The second kappa shape index (κ2) is 7.30. The van der Waals surface area contributed by atoms with Gasteiger partial charge in [0.1, 0.15) is 0 Å². The highest BCUT2D eigenvalue weighted by Gasteiger charge is 2.21. The van der Waals surface area contributed by atoms with E-state index in [2.05, 4.69) is 37.1 Å². The molecule has 1 aliphatic rings. The van der Waals surface area contributed by atoms with Crippen LogP contribution in [0.2, 0.25) is 5.02 Å². The highest BCUT2D eigenvalue weighted by atomic mass is 35.5. The molecule has 112 valence electrons. The topological polar surface area (TPSA) is 24.5 Å². The van der Waals surface area contributed by atoms with Gasteiger partial charge in [0.05, 0.1) is 23.4 Å². The molecule has 1 heterocycles. The number of anilines is 1. The monoisotopic (exact) mass is 296 g/mol. The van der Waals surface area contributed by atoms with E-state index in [4.69, 9.17) is 16.3 Å². The fraction of sp³-hybridized carbons (Fsp3) is 0.625. The molecule has 0 spiro atoms. The van der Waals surface area contributed by atoms with Crippen LogP contribution in [0.25, 0.3) is 0 Å². The van der Waals surface area contributed by atoms with E-state index in [-0.39, 0.29) is 6.10 Å². The summed E-state index contributed by atoms with van der Waals surface area (Å²) in [5.74, 6) is 0.654. The first-order chi connectivity index (χ1) is 9.58. The summed E-state index contributed by atoms with van der Waals surface area (Å²) in [6, 6.07) is 6.17. The number of benzene rings is 1. The molecule has 3 nitrogen and oxygen atoms in total. The molecule has 1 aromatic rings. The maximum atomic E-state index is 6.44. The Labute approximate surface area is 127 Å². The van der Waals surface area contributed by atoms with Crippen molar-refractivity contribution in [3.05, 3.63) is 28.8 Å². The molecule has 0 bridgehead atoms. The number of nitrogens with one attached hydrogen (secondary N) is 1. The second-order valence-electron chi connectivity index (χ2n) is 5.90. The van der Waals surface area contributed by atoms with Gasteiger partial charge < -0.3 is 15.0 Å². The van der Waals surface area contributed by atoms with Gasteiger partial charge in [0.15, 0.2) is 0 Å². The van der Waals surface area contributed by atoms with Gasteiger partial charge in [-0.05, 0) is 31.0 Å². The number of ether oxygens (including phenoxy) is 1. The zero-order chi connectivity index (χ0) is 14.5. The van der Waals surface area contributed by atoms with Crippen molar-refractivity contribution < 1.29 is 4.74 Å². The minimum atomic E-state index is 0.261. The van der Waals surface area contributed by atoms with E-state index in [1.807, 2.05) is 12.1 Å². The fourth-order valence-corrected chi connectivity index (χ4v) is 2.89. The first-order valence-corrected chi connectivity index (χ1v) is 7.80. The van der Waals surface area contributed by atoms with Crippen LogP contribution in [0.5, 0.6) is 0 Å². The van der Waals surface area contributed by atoms with E-state index in [0.29, 0.717) is 5.92 Å². The Bertz CT molecular complexity index is 436. The Balaban J connectivity index is 2.13. The van der Waals surface area contributed by atoms with Crippen LogP contribution in [0.3, 0.4) is 0 Å². The summed E-state index contributed by atoms with van der Waals surface area (Å²) >= 11 is 6.44. The van der Waals surface area contributed by atoms with Gasteiger partial charge >= 0.3 is 0 Å². The molecule has 1 unspecified atom stereocenters. The lowest BCUT2D eigenvalue weighted by atomic mass is 10.1. The van der Waals surface area contributed by atoms with Crippen molar-refractivity contribution in [3.63, 3.8) is 0 Å². The number of morpholine rings is 1. The van der Waals surface area contributed by atoms with Crippen molar-refractivity contribution in [2.75, 3.05) is 31.1 Å². The van der Waals surface area contributed by atoms with Crippen LogP contribution in [0, 0.1) is 5.92 Å². The SMILES string of the molecule is CC(C)CNCc1cccc(Cl)c1N1CCOC(C)C1. The third-order valence-electron chi connectivity index (χ3n) is 3.50. The Hall–Kier alpha value is -0.770. The van der Waals surface area contributed by atoms with E-state index in [1.165, 1.54) is 11.3 Å². The normalized spacial score (nSPS) is 19.6. The average molecular weight is 297 g/mol. The van der Waals surface area contributed by atoms with Crippen LogP contribution in [0.15, 0.2) is 18.2 Å². The Morgan fingerprint density at radius 3 is 2.95 bits per heavy atom. The molecule has 1 saturated heterocycles. The quantitative estimate of drug-likeness (QED) is 0.902. The van der Waals surface area contributed by atoms with Crippen molar-refractivity contribution in [3.8, 4) is 0 Å². The van der Waals surface area contributed by atoms with Gasteiger partial charge in [-0.2, -0.15) is 0 Å². The first-order valence-electron chi connectivity index (χ1n) is 7.42. The molecule has 0 amide bonds. The van der Waals surface area contributed by atoms with Crippen LogP contribution in [0.1, 0.15) is 26.3 Å². The Morgan fingerprint density at radius 1 is 1.45 bits per heavy atom. The van der Waals surface area contributed by atoms with Crippen LogP contribution in [-0.4, -0.2) is 32.3 Å². The van der Waals surface area contributed by atoms with Gasteiger partial charge in [0.2, 0.25) is 0 Å². The van der Waals surface area contributed by atoms with E-state index < -0.39 is 0 Å². The summed E-state index contributed by atoms with van der Waals surface area (Å²) in [5, 5.41) is 4.34. The molecule has 1 N–H and O–H groups in total. The highest BCUT2D eigenvalue weighted by Crippen LogP contribution is 2.31. The molecular weight excluding hydrogens is 272 g/mol. The third-order valence-corrected chi connectivity index (χ3v) is 3.80. The van der Waals surface area contributed by atoms with E-state index >= 15 is 0 Å². The van der Waals surface area contributed by atoms with Gasteiger partial charge in [0.25, 0.3) is 0 Å². The summed E-state index contributed by atoms with van der Waals surface area (Å²) < 4.78 is 5.62. The van der Waals surface area contributed by atoms with Crippen LogP contribution >= 0.6 is 11.6 Å².